The molecule has 0 saturated carbocycles. The lowest BCUT2D eigenvalue weighted by atomic mass is 10.3. The van der Waals surface area contributed by atoms with Gasteiger partial charge in [0.05, 0.1) is 23.2 Å². The van der Waals surface area contributed by atoms with Crippen molar-refractivity contribution in [2.45, 2.75) is 12.3 Å². The third-order valence-electron chi connectivity index (χ3n) is 2.23. The fourth-order valence-corrected chi connectivity index (χ4v) is 2.38. The highest BCUT2D eigenvalue weighted by Crippen LogP contribution is 2.19. The van der Waals surface area contributed by atoms with Crippen LogP contribution < -0.4 is 4.74 Å². The monoisotopic (exact) mass is 289 g/mol. The Kier molecular flexibility index (Phi) is 4.49. The van der Waals surface area contributed by atoms with E-state index in [1.807, 2.05) is 5.38 Å². The van der Waals surface area contributed by atoms with Crippen molar-refractivity contribution in [1.82, 2.24) is 4.98 Å². The molecule has 0 unspecified atom stereocenters. The van der Waals surface area contributed by atoms with Crippen LogP contribution in [0.15, 0.2) is 23.6 Å². The van der Waals surface area contributed by atoms with Crippen LogP contribution in [0.3, 0.4) is 0 Å². The summed E-state index contributed by atoms with van der Waals surface area (Å²) in [6.07, 6.45) is 0.539. The van der Waals surface area contributed by atoms with Crippen LogP contribution >= 0.6 is 22.9 Å². The summed E-state index contributed by atoms with van der Waals surface area (Å²) in [4.78, 5) is 4.24. The fourth-order valence-electron chi connectivity index (χ4n) is 1.37. The topological polar surface area (TPSA) is 22.1 Å². The van der Waals surface area contributed by atoms with Gasteiger partial charge in [-0.15, -0.1) is 22.9 Å². The number of alkyl halides is 1. The summed E-state index contributed by atoms with van der Waals surface area (Å²) >= 11 is 7.10. The van der Waals surface area contributed by atoms with Crippen molar-refractivity contribution in [3.05, 3.63) is 45.9 Å². The molecule has 0 radical (unpaired) electrons. The predicted molar refractivity (Wildman–Crippen MR) is 67.2 cm³/mol. The Bertz CT molecular complexity index is 533. The Morgan fingerprint density at radius 2 is 2.17 bits per heavy atom. The van der Waals surface area contributed by atoms with Crippen LogP contribution in [0, 0.1) is 11.6 Å². The number of benzene rings is 1. The summed E-state index contributed by atoms with van der Waals surface area (Å²) in [6, 6.07) is 3.85. The van der Waals surface area contributed by atoms with Crippen molar-refractivity contribution in [2.24, 2.45) is 0 Å². The Labute approximate surface area is 112 Å². The van der Waals surface area contributed by atoms with E-state index in [9.17, 15) is 8.78 Å². The van der Waals surface area contributed by atoms with Gasteiger partial charge < -0.3 is 4.74 Å². The summed E-state index contributed by atoms with van der Waals surface area (Å²) < 4.78 is 31.3. The zero-order chi connectivity index (χ0) is 13.0. The molecule has 1 heterocycles. The predicted octanol–water partition coefficient (Wildman–Crippen LogP) is 3.78. The number of aromatic nitrogens is 1. The molecule has 96 valence electrons. The zero-order valence-corrected chi connectivity index (χ0v) is 10.9. The molecule has 0 aliphatic carbocycles. The Balaban J connectivity index is 1.90. The minimum atomic E-state index is -0.960. The number of nitrogens with zero attached hydrogens (tertiary/aromatic N) is 1. The fraction of sp³-hybridized carbons (Fsp3) is 0.250. The maximum atomic E-state index is 13.3. The Hall–Kier alpha value is -1.20. The van der Waals surface area contributed by atoms with Crippen LogP contribution in [0.4, 0.5) is 8.78 Å². The molecule has 0 N–H and O–H groups in total. The smallest absolute Gasteiger partial charge is 0.200 e. The number of hydrogen-bond acceptors (Lipinski definition) is 3. The molecule has 0 amide bonds. The van der Waals surface area contributed by atoms with Gasteiger partial charge in [0, 0.05) is 11.8 Å². The van der Waals surface area contributed by atoms with E-state index in [0.29, 0.717) is 12.3 Å². The first-order chi connectivity index (χ1) is 8.70. The van der Waals surface area contributed by atoms with Gasteiger partial charge in [-0.3, -0.25) is 0 Å². The highest BCUT2D eigenvalue weighted by Gasteiger charge is 2.09. The van der Waals surface area contributed by atoms with Gasteiger partial charge >= 0.3 is 0 Å². The van der Waals surface area contributed by atoms with Crippen LogP contribution in [0.2, 0.25) is 0 Å². The second kappa shape index (κ2) is 6.11. The van der Waals surface area contributed by atoms with E-state index in [-0.39, 0.29) is 12.4 Å². The van der Waals surface area contributed by atoms with Crippen molar-refractivity contribution in [1.29, 1.82) is 0 Å². The molecular weight excluding hydrogens is 280 g/mol. The summed E-state index contributed by atoms with van der Waals surface area (Å²) in [5, 5.41) is 2.73. The third-order valence-corrected chi connectivity index (χ3v) is 3.46. The van der Waals surface area contributed by atoms with Gasteiger partial charge in [0.15, 0.2) is 11.6 Å². The quantitative estimate of drug-likeness (QED) is 0.782. The van der Waals surface area contributed by atoms with Crippen molar-refractivity contribution in [2.75, 3.05) is 6.61 Å². The summed E-state index contributed by atoms with van der Waals surface area (Å²) in [7, 11) is 0. The maximum Gasteiger partial charge on any atom is 0.200 e. The normalized spacial score (nSPS) is 10.6. The van der Waals surface area contributed by atoms with Gasteiger partial charge in [0.2, 0.25) is 5.82 Å². The minimum absolute atomic E-state index is 0.0795. The first-order valence-corrected chi connectivity index (χ1v) is 6.68. The second-order valence-corrected chi connectivity index (χ2v) is 4.73. The molecule has 0 atom stereocenters. The van der Waals surface area contributed by atoms with Gasteiger partial charge in [-0.05, 0) is 12.1 Å². The lowest BCUT2D eigenvalue weighted by molar-refractivity contribution is 0.299. The number of thiazole rings is 1. The van der Waals surface area contributed by atoms with E-state index < -0.39 is 11.6 Å². The average molecular weight is 290 g/mol. The molecular formula is C12H10ClF2NOS. The number of hydrogen-bond donors (Lipinski definition) is 0. The van der Waals surface area contributed by atoms with Crippen molar-refractivity contribution >= 4 is 22.9 Å². The second-order valence-electron chi connectivity index (χ2n) is 3.52. The zero-order valence-electron chi connectivity index (χ0n) is 9.33. The third kappa shape index (κ3) is 3.17. The van der Waals surface area contributed by atoms with Crippen LogP contribution in [-0.4, -0.2) is 11.6 Å². The molecule has 1 aromatic heterocycles. The number of rotatable bonds is 5. The van der Waals surface area contributed by atoms with Gasteiger partial charge in [0.25, 0.3) is 0 Å². The van der Waals surface area contributed by atoms with Gasteiger partial charge in [-0.25, -0.2) is 9.37 Å². The molecule has 2 nitrogen and oxygen atoms in total. The van der Waals surface area contributed by atoms with E-state index in [1.54, 1.807) is 0 Å². The Morgan fingerprint density at radius 1 is 1.33 bits per heavy atom. The summed E-state index contributed by atoms with van der Waals surface area (Å²) in [6.45, 7) is 0.246. The lowest BCUT2D eigenvalue weighted by Gasteiger charge is -2.06. The molecule has 2 aromatic rings. The highest BCUT2D eigenvalue weighted by molar-refractivity contribution is 7.09. The van der Waals surface area contributed by atoms with E-state index in [0.717, 1.165) is 16.8 Å². The molecule has 18 heavy (non-hydrogen) atoms. The molecule has 0 spiro atoms. The van der Waals surface area contributed by atoms with Crippen molar-refractivity contribution < 1.29 is 13.5 Å². The average Bonchev–Trinajstić information content (AvgIpc) is 2.82. The van der Waals surface area contributed by atoms with Crippen LogP contribution in [0.5, 0.6) is 5.75 Å². The minimum Gasteiger partial charge on any atom is -0.490 e. The molecule has 0 aliphatic rings. The van der Waals surface area contributed by atoms with Gasteiger partial charge in [-0.2, -0.15) is 4.39 Å². The lowest BCUT2D eigenvalue weighted by Crippen LogP contribution is -2.03. The van der Waals surface area contributed by atoms with Crippen molar-refractivity contribution in [3.8, 4) is 5.75 Å². The SMILES string of the molecule is Fc1cccc(OCCc2nc(CCl)cs2)c1F. The van der Waals surface area contributed by atoms with E-state index in [4.69, 9.17) is 16.3 Å². The molecule has 0 saturated heterocycles. The maximum absolute atomic E-state index is 13.3. The van der Waals surface area contributed by atoms with E-state index in [1.165, 1.54) is 23.5 Å². The van der Waals surface area contributed by atoms with Crippen LogP contribution in [0.1, 0.15) is 10.7 Å². The molecule has 0 aliphatic heterocycles. The largest absolute Gasteiger partial charge is 0.490 e. The number of ether oxygens (including phenoxy) is 1. The van der Waals surface area contributed by atoms with Gasteiger partial charge in [-0.1, -0.05) is 6.07 Å². The van der Waals surface area contributed by atoms with Crippen molar-refractivity contribution in [3.63, 3.8) is 0 Å². The van der Waals surface area contributed by atoms with E-state index in [2.05, 4.69) is 4.98 Å². The first-order valence-electron chi connectivity index (χ1n) is 5.26. The van der Waals surface area contributed by atoms with E-state index >= 15 is 0 Å². The molecule has 1 aromatic carbocycles. The first kappa shape index (κ1) is 13.2. The summed E-state index contributed by atoms with van der Waals surface area (Å²) in [5.41, 5.74) is 0.814. The molecule has 6 heteroatoms. The highest BCUT2D eigenvalue weighted by atomic mass is 35.5. The number of halogens is 3. The molecule has 2 rings (SSSR count). The summed E-state index contributed by atoms with van der Waals surface area (Å²) in [5.74, 6) is -1.58. The molecule has 0 bridgehead atoms. The Morgan fingerprint density at radius 3 is 2.89 bits per heavy atom. The standard InChI is InChI=1S/C12H10ClF2NOS/c13-6-8-7-18-11(16-8)4-5-17-10-3-1-2-9(14)12(10)15/h1-3,7H,4-6H2. The van der Waals surface area contributed by atoms with Gasteiger partial charge in [0.1, 0.15) is 0 Å². The van der Waals surface area contributed by atoms with Crippen LogP contribution in [0.25, 0.3) is 0 Å². The van der Waals surface area contributed by atoms with Crippen LogP contribution in [-0.2, 0) is 12.3 Å². The molecule has 0 fully saturated rings.